The van der Waals surface area contributed by atoms with Crippen molar-refractivity contribution in [2.75, 3.05) is 19.7 Å². The molecule has 1 aliphatic heterocycles. The van der Waals surface area contributed by atoms with Gasteiger partial charge in [-0.05, 0) is 23.6 Å². The van der Waals surface area contributed by atoms with Gasteiger partial charge in [0, 0.05) is 18.1 Å². The predicted molar refractivity (Wildman–Crippen MR) is 62.2 cm³/mol. The fraction of sp³-hybridized carbons (Fsp3) is 0.500. The molecule has 15 heavy (non-hydrogen) atoms. The molecule has 3 heteroatoms. The van der Waals surface area contributed by atoms with Gasteiger partial charge in [0.05, 0.1) is 12.7 Å². The zero-order valence-corrected chi connectivity index (χ0v) is 9.63. The molecule has 1 heterocycles. The van der Waals surface area contributed by atoms with Crippen LogP contribution in [-0.2, 0) is 4.74 Å². The summed E-state index contributed by atoms with van der Waals surface area (Å²) in [5, 5.41) is 4.17. The van der Waals surface area contributed by atoms with Gasteiger partial charge >= 0.3 is 0 Å². The molecule has 0 saturated carbocycles. The van der Waals surface area contributed by atoms with Crippen molar-refractivity contribution >= 4 is 11.6 Å². The Morgan fingerprint density at radius 2 is 2.00 bits per heavy atom. The molecular formula is C12H16ClNO. The molecule has 1 aliphatic rings. The molecule has 0 aliphatic carbocycles. The minimum absolute atomic E-state index is 0.159. The molecule has 2 atom stereocenters. The van der Waals surface area contributed by atoms with E-state index in [2.05, 4.69) is 12.2 Å². The quantitative estimate of drug-likeness (QED) is 0.794. The highest BCUT2D eigenvalue weighted by Crippen LogP contribution is 2.21. The van der Waals surface area contributed by atoms with Crippen LogP contribution in [0.4, 0.5) is 0 Å². The van der Waals surface area contributed by atoms with Crippen molar-refractivity contribution in [2.24, 2.45) is 5.92 Å². The average Bonchev–Trinajstić information content (AvgIpc) is 2.44. The molecule has 2 nitrogen and oxygen atoms in total. The summed E-state index contributed by atoms with van der Waals surface area (Å²) < 4.78 is 5.84. The third-order valence-electron chi connectivity index (χ3n) is 2.65. The summed E-state index contributed by atoms with van der Waals surface area (Å²) in [6.07, 6.45) is 0.159. The Labute approximate surface area is 95.6 Å². The largest absolute Gasteiger partial charge is 0.372 e. The minimum Gasteiger partial charge on any atom is -0.372 e. The third kappa shape index (κ3) is 2.94. The Morgan fingerprint density at radius 3 is 2.73 bits per heavy atom. The summed E-state index contributed by atoms with van der Waals surface area (Å²) in [6, 6.07) is 7.89. The lowest BCUT2D eigenvalue weighted by atomic mass is 10.1. The van der Waals surface area contributed by atoms with Crippen LogP contribution in [-0.4, -0.2) is 19.7 Å². The van der Waals surface area contributed by atoms with Crippen LogP contribution < -0.4 is 5.32 Å². The molecule has 0 bridgehead atoms. The summed E-state index contributed by atoms with van der Waals surface area (Å²) in [5.74, 6) is 0.585. The SMILES string of the molecule is CC1CNCC(c2ccc(Cl)cc2)OC1. The van der Waals surface area contributed by atoms with E-state index in [1.54, 1.807) is 0 Å². The van der Waals surface area contributed by atoms with Crippen molar-refractivity contribution in [2.45, 2.75) is 13.0 Å². The lowest BCUT2D eigenvalue weighted by Gasteiger charge is -2.15. The van der Waals surface area contributed by atoms with Gasteiger partial charge in [0.2, 0.25) is 0 Å². The molecular weight excluding hydrogens is 210 g/mol. The second-order valence-electron chi connectivity index (χ2n) is 4.14. The van der Waals surface area contributed by atoms with Gasteiger partial charge in [-0.1, -0.05) is 30.7 Å². The van der Waals surface area contributed by atoms with Crippen molar-refractivity contribution < 1.29 is 4.74 Å². The first-order chi connectivity index (χ1) is 7.25. The second kappa shape index (κ2) is 4.97. The van der Waals surface area contributed by atoms with Crippen LogP contribution in [0.2, 0.25) is 5.02 Å². The van der Waals surface area contributed by atoms with E-state index in [-0.39, 0.29) is 6.10 Å². The van der Waals surface area contributed by atoms with E-state index in [9.17, 15) is 0 Å². The van der Waals surface area contributed by atoms with Crippen molar-refractivity contribution in [3.05, 3.63) is 34.9 Å². The van der Waals surface area contributed by atoms with Gasteiger partial charge in [-0.15, -0.1) is 0 Å². The smallest absolute Gasteiger partial charge is 0.0949 e. The molecule has 1 aromatic rings. The Bertz CT molecular complexity index is 312. The maximum absolute atomic E-state index is 5.85. The number of rotatable bonds is 1. The first-order valence-corrected chi connectivity index (χ1v) is 5.71. The Kier molecular flexibility index (Phi) is 3.62. The summed E-state index contributed by atoms with van der Waals surface area (Å²) in [4.78, 5) is 0. The normalized spacial score (nSPS) is 27.3. The fourth-order valence-electron chi connectivity index (χ4n) is 1.75. The Morgan fingerprint density at radius 1 is 1.27 bits per heavy atom. The molecule has 0 spiro atoms. The van der Waals surface area contributed by atoms with E-state index >= 15 is 0 Å². The molecule has 0 amide bonds. The average molecular weight is 226 g/mol. The van der Waals surface area contributed by atoms with Crippen LogP contribution >= 0.6 is 11.6 Å². The van der Waals surface area contributed by atoms with Gasteiger partial charge in [-0.2, -0.15) is 0 Å². The van der Waals surface area contributed by atoms with E-state index in [1.807, 2.05) is 24.3 Å². The molecule has 2 unspecified atom stereocenters. The number of hydrogen-bond donors (Lipinski definition) is 1. The van der Waals surface area contributed by atoms with Gasteiger partial charge in [-0.25, -0.2) is 0 Å². The first-order valence-electron chi connectivity index (χ1n) is 5.33. The maximum Gasteiger partial charge on any atom is 0.0949 e. The Balaban J connectivity index is 2.06. The number of ether oxygens (including phenoxy) is 1. The van der Waals surface area contributed by atoms with Gasteiger partial charge in [-0.3, -0.25) is 0 Å². The van der Waals surface area contributed by atoms with Crippen LogP contribution in [0.25, 0.3) is 0 Å². The van der Waals surface area contributed by atoms with Crippen molar-refractivity contribution in [1.82, 2.24) is 5.32 Å². The summed E-state index contributed by atoms with van der Waals surface area (Å²) in [5.41, 5.74) is 1.20. The number of hydrogen-bond acceptors (Lipinski definition) is 2. The second-order valence-corrected chi connectivity index (χ2v) is 4.57. The van der Waals surface area contributed by atoms with Crippen LogP contribution in [0.3, 0.4) is 0 Å². The molecule has 2 rings (SSSR count). The molecule has 1 fully saturated rings. The van der Waals surface area contributed by atoms with Crippen molar-refractivity contribution in [1.29, 1.82) is 0 Å². The summed E-state index contributed by atoms with van der Waals surface area (Å²) in [7, 11) is 0. The van der Waals surface area contributed by atoms with E-state index in [0.29, 0.717) is 5.92 Å². The van der Waals surface area contributed by atoms with Gasteiger partial charge in [0.15, 0.2) is 0 Å². The topological polar surface area (TPSA) is 21.3 Å². The predicted octanol–water partition coefficient (Wildman–Crippen LogP) is 2.64. The zero-order valence-electron chi connectivity index (χ0n) is 8.87. The Hall–Kier alpha value is -0.570. The third-order valence-corrected chi connectivity index (χ3v) is 2.90. The van der Waals surface area contributed by atoms with Crippen molar-refractivity contribution in [3.8, 4) is 0 Å². The molecule has 1 saturated heterocycles. The number of halogens is 1. The molecule has 1 aromatic carbocycles. The summed E-state index contributed by atoms with van der Waals surface area (Å²) in [6.45, 7) is 4.92. The minimum atomic E-state index is 0.159. The van der Waals surface area contributed by atoms with Gasteiger partial charge in [0.25, 0.3) is 0 Å². The molecule has 1 N–H and O–H groups in total. The molecule has 0 aromatic heterocycles. The van der Waals surface area contributed by atoms with E-state index < -0.39 is 0 Å². The molecule has 82 valence electrons. The monoisotopic (exact) mass is 225 g/mol. The standard InChI is InChI=1S/C12H16ClNO/c1-9-6-14-7-12(15-8-9)10-2-4-11(13)5-3-10/h2-5,9,12,14H,6-8H2,1H3. The van der Waals surface area contributed by atoms with Gasteiger partial charge < -0.3 is 10.1 Å². The highest BCUT2D eigenvalue weighted by molar-refractivity contribution is 6.30. The number of benzene rings is 1. The lowest BCUT2D eigenvalue weighted by Crippen LogP contribution is -2.22. The maximum atomic E-state index is 5.85. The zero-order chi connectivity index (χ0) is 10.7. The number of nitrogens with one attached hydrogen (secondary N) is 1. The lowest BCUT2D eigenvalue weighted by molar-refractivity contribution is 0.0515. The molecule has 0 radical (unpaired) electrons. The summed E-state index contributed by atoms with van der Waals surface area (Å²) >= 11 is 5.85. The highest BCUT2D eigenvalue weighted by atomic mass is 35.5. The fourth-order valence-corrected chi connectivity index (χ4v) is 1.88. The van der Waals surface area contributed by atoms with Crippen molar-refractivity contribution in [3.63, 3.8) is 0 Å². The van der Waals surface area contributed by atoms with Crippen LogP contribution in [0.1, 0.15) is 18.6 Å². The van der Waals surface area contributed by atoms with Crippen LogP contribution in [0.15, 0.2) is 24.3 Å². The van der Waals surface area contributed by atoms with Gasteiger partial charge in [0.1, 0.15) is 0 Å². The van der Waals surface area contributed by atoms with E-state index in [1.165, 1.54) is 5.56 Å². The van der Waals surface area contributed by atoms with E-state index in [0.717, 1.165) is 24.7 Å². The van der Waals surface area contributed by atoms with E-state index in [4.69, 9.17) is 16.3 Å². The van der Waals surface area contributed by atoms with Crippen LogP contribution in [0.5, 0.6) is 0 Å². The highest BCUT2D eigenvalue weighted by Gasteiger charge is 2.17. The first kappa shape index (κ1) is 10.9. The van der Waals surface area contributed by atoms with Crippen LogP contribution in [0, 0.1) is 5.92 Å².